The number of halogens is 3. The molecule has 16 heteroatoms. The molecular weight excluding hydrogens is 523 g/mol. The summed E-state index contributed by atoms with van der Waals surface area (Å²) in [7, 11) is 0. The molecule has 2 aliphatic rings. The number of nitrogens with one attached hydrogen (secondary N) is 1. The van der Waals surface area contributed by atoms with Gasteiger partial charge in [-0.1, -0.05) is 0 Å². The minimum atomic E-state index is -4.73. The third-order valence-corrected chi connectivity index (χ3v) is 6.28. The van der Waals surface area contributed by atoms with Crippen LogP contribution in [0.25, 0.3) is 0 Å². The fraction of sp³-hybridized carbons (Fsp3) is 0.391. The molecule has 2 aliphatic heterocycles. The highest BCUT2D eigenvalue weighted by Crippen LogP contribution is 2.26. The van der Waals surface area contributed by atoms with Crippen LogP contribution in [-0.4, -0.2) is 69.6 Å². The standard InChI is InChI=1S/C23H22F3N9O4/c24-23(25,26)39-18-3-1-17(2-4-18)32-5-7-33(8-6-32)21-29-11-15(19(9-27)30-21)10-28-16-12-34-13-20(35(36)37)31-22(34)38-14-16/h1-4,11,13,16,28H,5-8,10,12,14H2. The number of ether oxygens (including phenoxy) is 2. The van der Waals surface area contributed by atoms with E-state index in [0.717, 1.165) is 5.69 Å². The van der Waals surface area contributed by atoms with E-state index in [2.05, 4.69) is 31.1 Å². The number of piperazine rings is 1. The van der Waals surface area contributed by atoms with Crippen LogP contribution in [0.5, 0.6) is 11.8 Å². The Morgan fingerprint density at radius 1 is 1.18 bits per heavy atom. The summed E-state index contributed by atoms with van der Waals surface area (Å²) in [4.78, 5) is 27.0. The van der Waals surface area contributed by atoms with Gasteiger partial charge in [0, 0.05) is 61.7 Å². The quantitative estimate of drug-likeness (QED) is 0.344. The molecule has 1 unspecified atom stereocenters. The van der Waals surface area contributed by atoms with Crippen molar-refractivity contribution in [1.29, 1.82) is 5.26 Å². The zero-order chi connectivity index (χ0) is 27.6. The molecule has 0 amide bonds. The molecule has 0 aliphatic carbocycles. The average Bonchev–Trinajstić information content (AvgIpc) is 3.36. The van der Waals surface area contributed by atoms with Crippen LogP contribution in [0.1, 0.15) is 11.3 Å². The van der Waals surface area contributed by atoms with Crippen molar-refractivity contribution < 1.29 is 27.6 Å². The second-order valence-corrected chi connectivity index (χ2v) is 8.85. The van der Waals surface area contributed by atoms with Gasteiger partial charge < -0.3 is 34.7 Å². The summed E-state index contributed by atoms with van der Waals surface area (Å²) in [6.07, 6.45) is -1.82. The van der Waals surface area contributed by atoms with Gasteiger partial charge in [0.1, 0.15) is 24.6 Å². The molecule has 39 heavy (non-hydrogen) atoms. The van der Waals surface area contributed by atoms with E-state index in [1.807, 2.05) is 9.80 Å². The fourth-order valence-corrected chi connectivity index (χ4v) is 4.36. The van der Waals surface area contributed by atoms with Gasteiger partial charge in [-0.25, -0.2) is 9.97 Å². The van der Waals surface area contributed by atoms with Crippen LogP contribution in [0.3, 0.4) is 0 Å². The molecule has 1 saturated heterocycles. The first kappa shape index (κ1) is 26.0. The number of aromatic nitrogens is 4. The minimum absolute atomic E-state index is 0.167. The molecule has 2 aromatic heterocycles. The Balaban J connectivity index is 1.16. The van der Waals surface area contributed by atoms with Gasteiger partial charge in [0.2, 0.25) is 5.95 Å². The maximum atomic E-state index is 12.4. The van der Waals surface area contributed by atoms with Crippen molar-refractivity contribution in [3.63, 3.8) is 0 Å². The SMILES string of the molecule is N#Cc1nc(N2CCN(c3ccc(OC(F)(F)F)cc3)CC2)ncc1CNC1COc2nc([N+](=O)[O-])cn2C1. The van der Waals surface area contributed by atoms with E-state index in [1.165, 1.54) is 18.3 Å². The molecule has 0 bridgehead atoms. The van der Waals surface area contributed by atoms with Crippen LogP contribution in [0.15, 0.2) is 36.7 Å². The minimum Gasteiger partial charge on any atom is -0.444 e. The molecule has 0 radical (unpaired) electrons. The van der Waals surface area contributed by atoms with Crippen molar-refractivity contribution in [2.24, 2.45) is 0 Å². The lowest BCUT2D eigenvalue weighted by Gasteiger charge is -2.36. The summed E-state index contributed by atoms with van der Waals surface area (Å²) in [5.41, 5.74) is 1.60. The molecule has 1 aromatic carbocycles. The van der Waals surface area contributed by atoms with E-state index in [1.54, 1.807) is 22.9 Å². The Morgan fingerprint density at radius 2 is 1.90 bits per heavy atom. The van der Waals surface area contributed by atoms with E-state index in [4.69, 9.17) is 4.74 Å². The molecule has 13 nitrogen and oxygen atoms in total. The van der Waals surface area contributed by atoms with Crippen LogP contribution in [-0.2, 0) is 13.1 Å². The zero-order valence-electron chi connectivity index (χ0n) is 20.3. The van der Waals surface area contributed by atoms with Crippen molar-refractivity contribution in [1.82, 2.24) is 24.8 Å². The van der Waals surface area contributed by atoms with Gasteiger partial charge in [0.25, 0.3) is 0 Å². The number of nitro groups is 1. The Kier molecular flexibility index (Phi) is 7.07. The van der Waals surface area contributed by atoms with Crippen LogP contribution < -0.4 is 24.6 Å². The summed E-state index contributed by atoms with van der Waals surface area (Å²) in [5, 5.41) is 23.9. The lowest BCUT2D eigenvalue weighted by atomic mass is 10.2. The second kappa shape index (κ2) is 10.6. The van der Waals surface area contributed by atoms with Crippen LogP contribution in [0.2, 0.25) is 0 Å². The number of benzene rings is 1. The van der Waals surface area contributed by atoms with Gasteiger partial charge in [-0.2, -0.15) is 5.26 Å². The number of imidazole rings is 1. The number of hydrogen-bond donors (Lipinski definition) is 1. The Hall–Kier alpha value is -4.65. The van der Waals surface area contributed by atoms with E-state index in [0.29, 0.717) is 50.8 Å². The first-order chi connectivity index (χ1) is 18.7. The largest absolute Gasteiger partial charge is 0.573 e. The number of fused-ring (bicyclic) bond motifs is 1. The number of hydrogen-bond acceptors (Lipinski definition) is 11. The normalized spacial score (nSPS) is 17.2. The number of nitriles is 1. The third kappa shape index (κ3) is 6.09. The van der Waals surface area contributed by atoms with Gasteiger partial charge in [0.15, 0.2) is 5.69 Å². The summed E-state index contributed by atoms with van der Waals surface area (Å²) >= 11 is 0. The molecule has 0 spiro atoms. The van der Waals surface area contributed by atoms with Crippen molar-refractivity contribution in [2.75, 3.05) is 42.6 Å². The Bertz CT molecular complexity index is 1380. The molecule has 1 N–H and O–H groups in total. The summed E-state index contributed by atoms with van der Waals surface area (Å²) in [6, 6.07) is 7.85. The van der Waals surface area contributed by atoms with E-state index in [9.17, 15) is 28.5 Å². The highest BCUT2D eigenvalue weighted by Gasteiger charge is 2.31. The molecule has 3 aromatic rings. The van der Waals surface area contributed by atoms with Crippen LogP contribution in [0, 0.1) is 21.4 Å². The molecular formula is C23H22F3N9O4. The smallest absolute Gasteiger partial charge is 0.444 e. The number of anilines is 2. The Morgan fingerprint density at radius 3 is 2.56 bits per heavy atom. The summed E-state index contributed by atoms with van der Waals surface area (Å²) in [6.45, 7) is 3.26. The summed E-state index contributed by atoms with van der Waals surface area (Å²) in [5.74, 6) is -0.140. The van der Waals surface area contributed by atoms with E-state index < -0.39 is 11.3 Å². The van der Waals surface area contributed by atoms with Gasteiger partial charge in [-0.15, -0.1) is 13.2 Å². The molecule has 4 heterocycles. The average molecular weight is 545 g/mol. The number of alkyl halides is 3. The van der Waals surface area contributed by atoms with E-state index >= 15 is 0 Å². The molecule has 1 atom stereocenters. The summed E-state index contributed by atoms with van der Waals surface area (Å²) < 4.78 is 48.1. The maximum Gasteiger partial charge on any atom is 0.573 e. The third-order valence-electron chi connectivity index (χ3n) is 6.28. The van der Waals surface area contributed by atoms with Gasteiger partial charge in [-0.05, 0) is 29.2 Å². The van der Waals surface area contributed by atoms with Crippen molar-refractivity contribution in [2.45, 2.75) is 25.5 Å². The van der Waals surface area contributed by atoms with Gasteiger partial charge in [-0.3, -0.25) is 4.57 Å². The topological polar surface area (TPSA) is 148 Å². The van der Waals surface area contributed by atoms with Gasteiger partial charge >= 0.3 is 18.2 Å². The lowest BCUT2D eigenvalue weighted by Crippen LogP contribution is -2.47. The van der Waals surface area contributed by atoms with Crippen molar-refractivity contribution in [3.8, 4) is 17.8 Å². The molecule has 204 valence electrons. The molecule has 1 fully saturated rings. The highest BCUT2D eigenvalue weighted by atomic mass is 19.4. The second-order valence-electron chi connectivity index (χ2n) is 8.85. The Labute approximate surface area is 219 Å². The maximum absolute atomic E-state index is 12.4. The van der Waals surface area contributed by atoms with Crippen LogP contribution in [0.4, 0.5) is 30.6 Å². The first-order valence-electron chi connectivity index (χ1n) is 11.9. The highest BCUT2D eigenvalue weighted by molar-refractivity contribution is 5.51. The van der Waals surface area contributed by atoms with Crippen LogP contribution >= 0.6 is 0 Å². The number of nitrogens with zero attached hydrogens (tertiary/aromatic N) is 8. The predicted molar refractivity (Wildman–Crippen MR) is 129 cm³/mol. The monoisotopic (exact) mass is 545 g/mol. The van der Waals surface area contributed by atoms with Crippen molar-refractivity contribution in [3.05, 3.63) is 58.0 Å². The first-order valence-corrected chi connectivity index (χ1v) is 11.9. The van der Waals surface area contributed by atoms with E-state index in [-0.39, 0.29) is 35.9 Å². The fourth-order valence-electron chi connectivity index (χ4n) is 4.36. The predicted octanol–water partition coefficient (Wildman–Crippen LogP) is 2.23. The van der Waals surface area contributed by atoms with Crippen molar-refractivity contribution >= 4 is 17.5 Å². The number of rotatable bonds is 7. The lowest BCUT2D eigenvalue weighted by molar-refractivity contribution is -0.389. The molecule has 5 rings (SSSR count). The zero-order valence-corrected chi connectivity index (χ0v) is 20.3. The molecule has 0 saturated carbocycles. The van der Waals surface area contributed by atoms with Gasteiger partial charge in [0.05, 0.1) is 6.04 Å².